The van der Waals surface area contributed by atoms with Crippen LogP contribution in [0.15, 0.2) is 11.1 Å². The Morgan fingerprint density at radius 1 is 1.47 bits per heavy atom. The molecule has 98 valence electrons. The zero-order chi connectivity index (χ0) is 12.8. The van der Waals surface area contributed by atoms with Crippen LogP contribution in [0.5, 0.6) is 0 Å². The lowest BCUT2D eigenvalue weighted by Crippen LogP contribution is -2.41. The monoisotopic (exact) mass is 241 g/mol. The van der Waals surface area contributed by atoms with Gasteiger partial charge in [-0.15, -0.1) is 0 Å². The van der Waals surface area contributed by atoms with E-state index in [-0.39, 0.29) is 12.1 Å². The van der Waals surface area contributed by atoms with Gasteiger partial charge < -0.3 is 9.47 Å². The molecule has 17 heavy (non-hydrogen) atoms. The summed E-state index contributed by atoms with van der Waals surface area (Å²) in [6.45, 7) is 11.6. The Kier molecular flexibility index (Phi) is 5.65. The molecule has 0 bridgehead atoms. The Morgan fingerprint density at radius 3 is 2.76 bits per heavy atom. The number of carbonyl (C=O) groups is 1. The second-order valence-corrected chi connectivity index (χ2v) is 4.54. The number of hydrogen-bond donors (Lipinski definition) is 0. The molecule has 1 aliphatic heterocycles. The van der Waals surface area contributed by atoms with Gasteiger partial charge in [0.05, 0.1) is 19.3 Å². The summed E-state index contributed by atoms with van der Waals surface area (Å²) in [6.07, 6.45) is 0.277. The summed E-state index contributed by atoms with van der Waals surface area (Å²) in [6, 6.07) is 0. The molecule has 0 spiro atoms. The van der Waals surface area contributed by atoms with Crippen molar-refractivity contribution in [2.24, 2.45) is 0 Å². The molecule has 4 nitrogen and oxygen atoms in total. The maximum Gasteiger partial charge on any atom is 0.333 e. The van der Waals surface area contributed by atoms with Gasteiger partial charge in [-0.2, -0.15) is 0 Å². The van der Waals surface area contributed by atoms with Crippen LogP contribution in [0.25, 0.3) is 0 Å². The molecule has 0 N–H and O–H groups in total. The minimum atomic E-state index is -0.202. The molecule has 1 saturated heterocycles. The standard InChI is InChI=1S/C13H23NO3/c1-5-16-13(15)12(4)10(2)8-14-6-7-17-11(3)9-14/h11H,5-9H2,1-4H3. The van der Waals surface area contributed by atoms with Gasteiger partial charge in [0.2, 0.25) is 0 Å². The van der Waals surface area contributed by atoms with Crippen LogP contribution < -0.4 is 0 Å². The summed E-state index contributed by atoms with van der Waals surface area (Å²) in [5.41, 5.74) is 1.81. The molecular weight excluding hydrogens is 218 g/mol. The van der Waals surface area contributed by atoms with Crippen molar-refractivity contribution in [2.45, 2.75) is 33.8 Å². The number of nitrogens with zero attached hydrogens (tertiary/aromatic N) is 1. The van der Waals surface area contributed by atoms with Crippen molar-refractivity contribution < 1.29 is 14.3 Å². The van der Waals surface area contributed by atoms with Crippen molar-refractivity contribution in [3.05, 3.63) is 11.1 Å². The fourth-order valence-electron chi connectivity index (χ4n) is 1.90. The van der Waals surface area contributed by atoms with E-state index >= 15 is 0 Å². The molecule has 0 aliphatic carbocycles. The lowest BCUT2D eigenvalue weighted by atomic mass is 10.1. The third-order valence-corrected chi connectivity index (χ3v) is 3.01. The molecule has 0 aromatic carbocycles. The van der Waals surface area contributed by atoms with Crippen molar-refractivity contribution in [3.63, 3.8) is 0 Å². The number of ether oxygens (including phenoxy) is 2. The van der Waals surface area contributed by atoms with E-state index in [1.165, 1.54) is 0 Å². The van der Waals surface area contributed by atoms with E-state index in [1.54, 1.807) is 0 Å². The summed E-state index contributed by atoms with van der Waals surface area (Å²) in [5, 5.41) is 0. The van der Waals surface area contributed by atoms with Crippen LogP contribution in [-0.2, 0) is 14.3 Å². The topological polar surface area (TPSA) is 38.8 Å². The molecule has 1 unspecified atom stereocenters. The Bertz CT molecular complexity index is 299. The SMILES string of the molecule is CCOC(=O)C(C)=C(C)CN1CCOC(C)C1. The van der Waals surface area contributed by atoms with Crippen LogP contribution >= 0.6 is 0 Å². The molecule has 0 amide bonds. The summed E-state index contributed by atoms with van der Waals surface area (Å²) in [7, 11) is 0. The molecule has 1 fully saturated rings. The Balaban J connectivity index is 2.54. The van der Waals surface area contributed by atoms with Gasteiger partial charge in [-0.05, 0) is 33.3 Å². The van der Waals surface area contributed by atoms with E-state index in [1.807, 2.05) is 20.8 Å². The number of hydrogen-bond acceptors (Lipinski definition) is 4. The van der Waals surface area contributed by atoms with Gasteiger partial charge in [-0.1, -0.05) is 0 Å². The van der Waals surface area contributed by atoms with Crippen molar-refractivity contribution >= 4 is 5.97 Å². The highest BCUT2D eigenvalue weighted by atomic mass is 16.5. The molecule has 1 aliphatic rings. The Hall–Kier alpha value is -0.870. The lowest BCUT2D eigenvalue weighted by Gasteiger charge is -2.31. The normalized spacial score (nSPS) is 23.2. The Labute approximate surface area is 104 Å². The van der Waals surface area contributed by atoms with E-state index in [9.17, 15) is 4.79 Å². The van der Waals surface area contributed by atoms with Gasteiger partial charge in [-0.25, -0.2) is 4.79 Å². The lowest BCUT2D eigenvalue weighted by molar-refractivity contribution is -0.138. The number of morpholine rings is 1. The van der Waals surface area contributed by atoms with Crippen LogP contribution in [-0.4, -0.2) is 49.8 Å². The van der Waals surface area contributed by atoms with Gasteiger partial charge in [0.1, 0.15) is 0 Å². The van der Waals surface area contributed by atoms with Crippen LogP contribution in [0.3, 0.4) is 0 Å². The van der Waals surface area contributed by atoms with Gasteiger partial charge in [-0.3, -0.25) is 4.90 Å². The maximum atomic E-state index is 11.6. The second kappa shape index (κ2) is 6.77. The fraction of sp³-hybridized carbons (Fsp3) is 0.769. The molecule has 0 radical (unpaired) electrons. The summed E-state index contributed by atoms with van der Waals surface area (Å²) < 4.78 is 10.5. The molecular formula is C13H23NO3. The number of carbonyl (C=O) groups excluding carboxylic acids is 1. The minimum Gasteiger partial charge on any atom is -0.463 e. The van der Waals surface area contributed by atoms with E-state index in [2.05, 4.69) is 11.8 Å². The van der Waals surface area contributed by atoms with E-state index in [0.29, 0.717) is 6.61 Å². The highest BCUT2D eigenvalue weighted by Gasteiger charge is 2.18. The molecule has 1 rings (SSSR count). The largest absolute Gasteiger partial charge is 0.463 e. The highest BCUT2D eigenvalue weighted by molar-refractivity contribution is 5.88. The molecule has 0 saturated carbocycles. The number of esters is 1. The van der Waals surface area contributed by atoms with Gasteiger partial charge >= 0.3 is 5.97 Å². The van der Waals surface area contributed by atoms with Crippen LogP contribution in [0.4, 0.5) is 0 Å². The molecule has 0 aromatic heterocycles. The molecule has 1 heterocycles. The fourth-order valence-corrected chi connectivity index (χ4v) is 1.90. The van der Waals surface area contributed by atoms with Crippen molar-refractivity contribution in [1.29, 1.82) is 0 Å². The maximum absolute atomic E-state index is 11.6. The average Bonchev–Trinajstić information content (AvgIpc) is 2.28. The van der Waals surface area contributed by atoms with Gasteiger partial charge in [0, 0.05) is 25.2 Å². The van der Waals surface area contributed by atoms with Crippen molar-refractivity contribution in [1.82, 2.24) is 4.90 Å². The highest BCUT2D eigenvalue weighted by Crippen LogP contribution is 2.11. The third kappa shape index (κ3) is 4.48. The van der Waals surface area contributed by atoms with Gasteiger partial charge in [0.15, 0.2) is 0 Å². The first-order chi connectivity index (χ1) is 8.04. The summed E-state index contributed by atoms with van der Waals surface area (Å²) >= 11 is 0. The summed E-state index contributed by atoms with van der Waals surface area (Å²) in [5.74, 6) is -0.202. The Morgan fingerprint density at radius 2 is 2.18 bits per heavy atom. The molecule has 1 atom stereocenters. The molecule has 0 aromatic rings. The second-order valence-electron chi connectivity index (χ2n) is 4.54. The zero-order valence-electron chi connectivity index (χ0n) is 11.3. The van der Waals surface area contributed by atoms with Crippen molar-refractivity contribution in [2.75, 3.05) is 32.8 Å². The smallest absolute Gasteiger partial charge is 0.333 e. The summed E-state index contributed by atoms with van der Waals surface area (Å²) in [4.78, 5) is 13.9. The first kappa shape index (κ1) is 14.2. The predicted molar refractivity (Wildman–Crippen MR) is 66.9 cm³/mol. The minimum absolute atomic E-state index is 0.202. The van der Waals surface area contributed by atoms with E-state index < -0.39 is 0 Å². The van der Waals surface area contributed by atoms with E-state index in [0.717, 1.165) is 37.4 Å². The van der Waals surface area contributed by atoms with Gasteiger partial charge in [0.25, 0.3) is 0 Å². The first-order valence-electron chi connectivity index (χ1n) is 6.22. The van der Waals surface area contributed by atoms with Crippen LogP contribution in [0, 0.1) is 0 Å². The third-order valence-electron chi connectivity index (χ3n) is 3.01. The quantitative estimate of drug-likeness (QED) is 0.553. The van der Waals surface area contributed by atoms with Crippen molar-refractivity contribution in [3.8, 4) is 0 Å². The molecule has 4 heteroatoms. The first-order valence-corrected chi connectivity index (χ1v) is 6.22. The zero-order valence-corrected chi connectivity index (χ0v) is 11.3. The van der Waals surface area contributed by atoms with Crippen LogP contribution in [0.2, 0.25) is 0 Å². The number of rotatable bonds is 4. The van der Waals surface area contributed by atoms with E-state index in [4.69, 9.17) is 9.47 Å². The van der Waals surface area contributed by atoms with Crippen LogP contribution in [0.1, 0.15) is 27.7 Å². The predicted octanol–water partition coefficient (Wildman–Crippen LogP) is 1.61. The average molecular weight is 241 g/mol.